The molecule has 0 aliphatic heterocycles. The largest absolute Gasteiger partial charge is 2.00 e. The van der Waals surface area contributed by atoms with Crippen LogP contribution in [0.3, 0.4) is 0 Å². The molecule has 0 N–H and O–H groups in total. The zero-order valence-electron chi connectivity index (χ0n) is 34.5. The molecule has 0 radical (unpaired) electrons. The van der Waals surface area contributed by atoms with Gasteiger partial charge in [0.2, 0.25) is 0 Å². The van der Waals surface area contributed by atoms with Gasteiger partial charge in [0, 0.05) is 11.7 Å². The summed E-state index contributed by atoms with van der Waals surface area (Å²) in [5.41, 5.74) is 8.42. The van der Waals surface area contributed by atoms with Gasteiger partial charge < -0.3 is 4.57 Å². The van der Waals surface area contributed by atoms with Crippen LogP contribution in [0.4, 0.5) is 4.39 Å². The zero-order valence-corrected chi connectivity index (χ0v) is 36.8. The molecule has 0 bridgehead atoms. The van der Waals surface area contributed by atoms with Crippen LogP contribution in [0.25, 0.3) is 49.8 Å². The van der Waals surface area contributed by atoms with Crippen molar-refractivity contribution in [1.82, 2.24) is 14.5 Å². The van der Waals surface area contributed by atoms with Crippen LogP contribution in [0.5, 0.6) is 0 Å². The number of hydrogen-bond acceptors (Lipinski definition) is 2. The van der Waals surface area contributed by atoms with E-state index in [4.69, 9.17) is 4.98 Å². The van der Waals surface area contributed by atoms with Crippen molar-refractivity contribution in [2.75, 3.05) is 0 Å². The van der Waals surface area contributed by atoms with Crippen molar-refractivity contribution in [1.29, 1.82) is 0 Å². The fourth-order valence-electron chi connectivity index (χ4n) is 5.49. The van der Waals surface area contributed by atoms with Gasteiger partial charge in [-0.05, 0) is 66.2 Å². The van der Waals surface area contributed by atoms with E-state index >= 15 is 0 Å². The summed E-state index contributed by atoms with van der Waals surface area (Å²) in [5.74, 6) is 0.726. The van der Waals surface area contributed by atoms with E-state index in [-0.39, 0.29) is 26.9 Å². The molecule has 0 aliphatic rings. The van der Waals surface area contributed by atoms with Crippen LogP contribution < -0.4 is 0 Å². The summed E-state index contributed by atoms with van der Waals surface area (Å²) < 4.78 is 14.3. The predicted octanol–water partition coefficient (Wildman–Crippen LogP) is 14.8. The molecule has 3 aromatic heterocycles. The molecule has 0 spiro atoms. The molecular weight excluding hydrogens is 857 g/mol. The number of fused-ring (bicyclic) bond motifs is 4. The van der Waals surface area contributed by atoms with Crippen molar-refractivity contribution in [3.63, 3.8) is 0 Å². The number of nitrogens with zero attached hydrogens (tertiary/aromatic N) is 3. The molecule has 0 amide bonds. The summed E-state index contributed by atoms with van der Waals surface area (Å²) in [6, 6.07) is 51.2. The van der Waals surface area contributed by atoms with Crippen molar-refractivity contribution in [2.45, 2.75) is 82.6 Å². The first-order valence-corrected chi connectivity index (χ1v) is 19.6. The molecule has 0 aliphatic carbocycles. The SMILES string of the molecule is CC.CC.CC.CC.CC.Cc1ccc(F)cc1.[Pt+2].[c-]1c(Cc2[c-]c3c(cc2)c2ccccc2n3-c2ccccn2)cccc1-c1ccc2ccccc2n1. The first kappa shape index (κ1) is 48.1. The van der Waals surface area contributed by atoms with Crippen molar-refractivity contribution in [3.8, 4) is 17.1 Å². The van der Waals surface area contributed by atoms with E-state index < -0.39 is 0 Å². The average Bonchev–Trinajstić information content (AvgIpc) is 3.59. The maximum absolute atomic E-state index is 12.1. The van der Waals surface area contributed by atoms with E-state index in [9.17, 15) is 4.39 Å². The van der Waals surface area contributed by atoms with Gasteiger partial charge in [0.15, 0.2) is 0 Å². The second-order valence-corrected chi connectivity index (χ2v) is 10.7. The molecule has 5 aromatic carbocycles. The molecule has 0 atom stereocenters. The summed E-state index contributed by atoms with van der Waals surface area (Å²) in [5, 5.41) is 3.53. The molecule has 0 fully saturated rings. The van der Waals surface area contributed by atoms with Crippen LogP contribution in [0.1, 0.15) is 85.9 Å². The van der Waals surface area contributed by atoms with Crippen molar-refractivity contribution in [3.05, 3.63) is 174 Å². The van der Waals surface area contributed by atoms with Gasteiger partial charge in [0.1, 0.15) is 11.6 Å². The fourth-order valence-corrected chi connectivity index (χ4v) is 5.49. The zero-order chi connectivity index (χ0) is 39.9. The van der Waals surface area contributed by atoms with Crippen LogP contribution in [0, 0.1) is 24.9 Å². The molecule has 3 nitrogen and oxygen atoms in total. The van der Waals surface area contributed by atoms with Crippen LogP contribution in [-0.2, 0) is 27.5 Å². The van der Waals surface area contributed by atoms with Crippen molar-refractivity contribution in [2.24, 2.45) is 0 Å². The Kier molecular flexibility index (Phi) is 23.4. The Morgan fingerprint density at radius 1 is 0.564 bits per heavy atom. The van der Waals surface area contributed by atoms with Gasteiger partial charge in [0.05, 0.1) is 5.52 Å². The second kappa shape index (κ2) is 26.8. The first-order chi connectivity index (χ1) is 26.6. The summed E-state index contributed by atoms with van der Waals surface area (Å²) in [6.45, 7) is 21.9. The van der Waals surface area contributed by atoms with Gasteiger partial charge in [-0.15, -0.1) is 40.8 Å². The number of rotatable bonds is 4. The Labute approximate surface area is 345 Å². The number of hydrogen-bond donors (Lipinski definition) is 0. The van der Waals surface area contributed by atoms with Gasteiger partial charge in [0.25, 0.3) is 0 Å². The van der Waals surface area contributed by atoms with Gasteiger partial charge in [-0.1, -0.05) is 147 Å². The summed E-state index contributed by atoms with van der Waals surface area (Å²) >= 11 is 0. The maximum Gasteiger partial charge on any atom is 2.00 e. The number of halogens is 1. The summed E-state index contributed by atoms with van der Waals surface area (Å²) in [4.78, 5) is 9.49. The van der Waals surface area contributed by atoms with Crippen LogP contribution in [0.15, 0.2) is 140 Å². The van der Waals surface area contributed by atoms with E-state index in [1.807, 2.05) is 119 Å². The predicted molar refractivity (Wildman–Crippen MR) is 234 cm³/mol. The quantitative estimate of drug-likeness (QED) is 0.165. The minimum absolute atomic E-state index is 0. The van der Waals surface area contributed by atoms with Gasteiger partial charge in [-0.25, -0.2) is 9.37 Å². The van der Waals surface area contributed by atoms with E-state index in [2.05, 4.69) is 94.5 Å². The molecule has 8 aromatic rings. The molecule has 0 saturated carbocycles. The minimum Gasteiger partial charge on any atom is -0.319 e. The van der Waals surface area contributed by atoms with Gasteiger partial charge in [-0.2, -0.15) is 23.8 Å². The molecule has 5 heteroatoms. The second-order valence-electron chi connectivity index (χ2n) is 10.7. The van der Waals surface area contributed by atoms with Crippen molar-refractivity contribution >= 4 is 32.7 Å². The number of pyridine rings is 2. The fraction of sp³-hybridized carbons (Fsp3) is 0.240. The van der Waals surface area contributed by atoms with Gasteiger partial charge >= 0.3 is 21.1 Å². The van der Waals surface area contributed by atoms with Crippen molar-refractivity contribution < 1.29 is 25.5 Å². The van der Waals surface area contributed by atoms with Crippen LogP contribution in [0.2, 0.25) is 0 Å². The molecule has 0 saturated heterocycles. The van der Waals surface area contributed by atoms with E-state index in [0.717, 1.165) is 62.1 Å². The van der Waals surface area contributed by atoms with E-state index in [1.54, 1.807) is 12.1 Å². The number of para-hydroxylation sites is 2. The third kappa shape index (κ3) is 13.1. The van der Waals surface area contributed by atoms with Crippen LogP contribution >= 0.6 is 0 Å². The van der Waals surface area contributed by atoms with Gasteiger partial charge in [-0.3, -0.25) is 4.98 Å². The monoisotopic (exact) mass is 914 g/mol. The maximum atomic E-state index is 12.1. The number of aromatic nitrogens is 3. The minimum atomic E-state index is -0.171. The molecule has 8 rings (SSSR count). The molecule has 55 heavy (non-hydrogen) atoms. The summed E-state index contributed by atoms with van der Waals surface area (Å²) in [6.07, 6.45) is 2.57. The Balaban J connectivity index is 0.000000681. The molecule has 3 heterocycles. The Hall–Kier alpha value is -4.92. The normalized spacial score (nSPS) is 9.38. The topological polar surface area (TPSA) is 30.7 Å². The smallest absolute Gasteiger partial charge is 0.319 e. The number of aryl methyl sites for hydroxylation is 1. The first-order valence-electron chi connectivity index (χ1n) is 19.6. The Morgan fingerprint density at radius 3 is 1.87 bits per heavy atom. The Bertz CT molecular complexity index is 2200. The average molecular weight is 915 g/mol. The standard InChI is InChI=1S/C33H21N3.C7H7F.5C2H6.Pt/c1-3-12-29-25(9-1)16-18-30(35-29)26-10-7-8-23(21-26)20-24-15-17-28-27-11-2-4-13-31(27)36(32(28)22-24)33-14-5-6-19-34-33;1-6-2-4-7(8)5-3-6;5*1-2;/h1-19H,20H2;2-5H,1H3;5*1-2H3;/q-2;;;;;;;+2. The van der Waals surface area contributed by atoms with E-state index in [1.165, 1.54) is 22.9 Å². The number of benzene rings is 5. The molecular formula is C50H58FN3Pt. The Morgan fingerprint density at radius 2 is 1.20 bits per heavy atom. The third-order valence-corrected chi connectivity index (χ3v) is 7.64. The van der Waals surface area contributed by atoms with E-state index in [0.29, 0.717) is 0 Å². The van der Waals surface area contributed by atoms with Crippen LogP contribution in [-0.4, -0.2) is 14.5 Å². The molecule has 0 unspecified atom stereocenters. The third-order valence-electron chi connectivity index (χ3n) is 7.64. The summed E-state index contributed by atoms with van der Waals surface area (Å²) in [7, 11) is 0. The molecule has 290 valence electrons.